The molecule has 6 nitrogen and oxygen atoms in total. The fourth-order valence-electron chi connectivity index (χ4n) is 3.75. The highest BCUT2D eigenvalue weighted by Gasteiger charge is 2.42. The van der Waals surface area contributed by atoms with Gasteiger partial charge in [-0.05, 0) is 44.9 Å². The standard InChI is InChI=1S/C19H30N4O2/c1-14(2)22(3)12-18-17-6-8-23(11-16(17)13-25-18)19(24)21-10-15-5-4-7-20-9-15/h4-5,7,9,14,16-18H,6,8,10-13H2,1-3H3,(H,21,24)/t16-,17-,18+/m1/s1. The molecule has 0 aliphatic carbocycles. The van der Waals surface area contributed by atoms with E-state index in [9.17, 15) is 4.79 Å². The van der Waals surface area contributed by atoms with Crippen LogP contribution >= 0.6 is 0 Å². The lowest BCUT2D eigenvalue weighted by Gasteiger charge is -2.36. The van der Waals surface area contributed by atoms with Crippen molar-refractivity contribution in [3.63, 3.8) is 0 Å². The maximum Gasteiger partial charge on any atom is 0.317 e. The highest BCUT2D eigenvalue weighted by Crippen LogP contribution is 2.34. The topological polar surface area (TPSA) is 57.7 Å². The molecule has 0 spiro atoms. The van der Waals surface area contributed by atoms with Crippen LogP contribution in [0.5, 0.6) is 0 Å². The molecule has 1 N–H and O–H groups in total. The van der Waals surface area contributed by atoms with Gasteiger partial charge in [0.25, 0.3) is 0 Å². The van der Waals surface area contributed by atoms with E-state index in [1.165, 1.54) is 0 Å². The normalized spacial score (nSPS) is 26.1. The number of nitrogens with zero attached hydrogens (tertiary/aromatic N) is 3. The highest BCUT2D eigenvalue weighted by molar-refractivity contribution is 5.74. The molecule has 1 aromatic heterocycles. The van der Waals surface area contributed by atoms with Crippen molar-refractivity contribution in [3.05, 3.63) is 30.1 Å². The molecule has 0 aromatic carbocycles. The van der Waals surface area contributed by atoms with Crippen LogP contribution in [0.2, 0.25) is 0 Å². The number of hydrogen-bond acceptors (Lipinski definition) is 4. The Morgan fingerprint density at radius 2 is 2.36 bits per heavy atom. The Balaban J connectivity index is 1.48. The van der Waals surface area contributed by atoms with Gasteiger partial charge in [-0.3, -0.25) is 4.98 Å². The lowest BCUT2D eigenvalue weighted by molar-refractivity contribution is 0.0506. The first-order chi connectivity index (χ1) is 12.0. The number of ether oxygens (including phenoxy) is 1. The predicted molar refractivity (Wildman–Crippen MR) is 97.1 cm³/mol. The lowest BCUT2D eigenvalue weighted by atomic mass is 9.84. The van der Waals surface area contributed by atoms with E-state index in [4.69, 9.17) is 4.74 Å². The number of likely N-dealkylation sites (tertiary alicyclic amines) is 1. The number of fused-ring (bicyclic) bond motifs is 1. The van der Waals surface area contributed by atoms with E-state index in [2.05, 4.69) is 36.1 Å². The number of likely N-dealkylation sites (N-methyl/N-ethyl adjacent to an activating group) is 1. The van der Waals surface area contributed by atoms with Crippen molar-refractivity contribution in [2.24, 2.45) is 11.8 Å². The number of rotatable bonds is 5. The van der Waals surface area contributed by atoms with Crippen LogP contribution in [0, 0.1) is 11.8 Å². The van der Waals surface area contributed by atoms with Crippen LogP contribution in [-0.2, 0) is 11.3 Å². The van der Waals surface area contributed by atoms with Crippen molar-refractivity contribution >= 4 is 6.03 Å². The van der Waals surface area contributed by atoms with Gasteiger partial charge in [0.05, 0.1) is 12.7 Å². The first-order valence-electron chi connectivity index (χ1n) is 9.28. The molecule has 3 rings (SSSR count). The van der Waals surface area contributed by atoms with Crippen LogP contribution in [0.3, 0.4) is 0 Å². The molecule has 25 heavy (non-hydrogen) atoms. The van der Waals surface area contributed by atoms with Gasteiger partial charge in [-0.2, -0.15) is 0 Å². The van der Waals surface area contributed by atoms with E-state index in [0.29, 0.717) is 30.5 Å². The van der Waals surface area contributed by atoms with Gasteiger partial charge in [-0.15, -0.1) is 0 Å². The zero-order valence-electron chi connectivity index (χ0n) is 15.5. The van der Waals surface area contributed by atoms with Gasteiger partial charge in [0.2, 0.25) is 0 Å². The van der Waals surface area contributed by atoms with E-state index in [-0.39, 0.29) is 6.03 Å². The summed E-state index contributed by atoms with van der Waals surface area (Å²) in [5, 5.41) is 3.00. The number of urea groups is 1. The average Bonchev–Trinajstić information content (AvgIpc) is 3.02. The fourth-order valence-corrected chi connectivity index (χ4v) is 3.75. The van der Waals surface area contributed by atoms with E-state index >= 15 is 0 Å². The van der Waals surface area contributed by atoms with Crippen molar-refractivity contribution in [1.82, 2.24) is 20.1 Å². The van der Waals surface area contributed by atoms with Gasteiger partial charge in [-0.25, -0.2) is 4.79 Å². The quantitative estimate of drug-likeness (QED) is 0.886. The third kappa shape index (κ3) is 4.50. The second-order valence-electron chi connectivity index (χ2n) is 7.58. The Hall–Kier alpha value is -1.66. The number of nitrogens with one attached hydrogen (secondary N) is 1. The van der Waals surface area contributed by atoms with Crippen LogP contribution in [0.1, 0.15) is 25.8 Å². The highest BCUT2D eigenvalue weighted by atomic mass is 16.5. The summed E-state index contributed by atoms with van der Waals surface area (Å²) in [5.41, 5.74) is 1.02. The Morgan fingerprint density at radius 1 is 1.52 bits per heavy atom. The van der Waals surface area contributed by atoms with Crippen LogP contribution < -0.4 is 5.32 Å². The molecular formula is C19H30N4O2. The molecule has 3 atom stereocenters. The smallest absolute Gasteiger partial charge is 0.317 e. The van der Waals surface area contributed by atoms with Gasteiger partial charge >= 0.3 is 6.03 Å². The SMILES string of the molecule is CC(C)N(C)C[C@@H]1OC[C@H]2CN(C(=O)NCc3cccnc3)CC[C@H]21. The number of hydrogen-bond donors (Lipinski definition) is 1. The third-order valence-corrected chi connectivity index (χ3v) is 5.60. The van der Waals surface area contributed by atoms with E-state index in [1.807, 2.05) is 17.0 Å². The van der Waals surface area contributed by atoms with Gasteiger partial charge in [0.1, 0.15) is 0 Å². The van der Waals surface area contributed by atoms with Crippen molar-refractivity contribution in [1.29, 1.82) is 0 Å². The number of pyridine rings is 1. The van der Waals surface area contributed by atoms with E-state index in [1.54, 1.807) is 12.4 Å². The van der Waals surface area contributed by atoms with Crippen molar-refractivity contribution in [3.8, 4) is 0 Å². The van der Waals surface area contributed by atoms with Crippen LogP contribution in [0.25, 0.3) is 0 Å². The van der Waals surface area contributed by atoms with Gasteiger partial charge < -0.3 is 19.9 Å². The van der Waals surface area contributed by atoms with Crippen LogP contribution in [0.4, 0.5) is 4.79 Å². The van der Waals surface area contributed by atoms with E-state index < -0.39 is 0 Å². The van der Waals surface area contributed by atoms with Crippen molar-refractivity contribution in [2.45, 2.75) is 39.0 Å². The number of aromatic nitrogens is 1. The minimum Gasteiger partial charge on any atom is -0.376 e. The summed E-state index contributed by atoms with van der Waals surface area (Å²) in [5.74, 6) is 1.03. The molecule has 0 saturated carbocycles. The molecular weight excluding hydrogens is 316 g/mol. The molecule has 2 fully saturated rings. The molecule has 6 heteroatoms. The van der Waals surface area contributed by atoms with Crippen molar-refractivity contribution < 1.29 is 9.53 Å². The van der Waals surface area contributed by atoms with Crippen LogP contribution in [0.15, 0.2) is 24.5 Å². The van der Waals surface area contributed by atoms with Gasteiger partial charge in [0, 0.05) is 50.5 Å². The first kappa shape index (κ1) is 18.1. The molecule has 2 saturated heterocycles. The second-order valence-corrected chi connectivity index (χ2v) is 7.58. The summed E-state index contributed by atoms with van der Waals surface area (Å²) in [7, 11) is 2.16. The summed E-state index contributed by atoms with van der Waals surface area (Å²) in [4.78, 5) is 20.8. The van der Waals surface area contributed by atoms with Gasteiger partial charge in [0.15, 0.2) is 0 Å². The Labute approximate surface area is 150 Å². The molecule has 3 heterocycles. The molecule has 0 unspecified atom stereocenters. The Kier molecular flexibility index (Phi) is 5.91. The molecule has 2 aliphatic heterocycles. The maximum absolute atomic E-state index is 12.5. The zero-order valence-corrected chi connectivity index (χ0v) is 15.5. The van der Waals surface area contributed by atoms with Gasteiger partial charge in [-0.1, -0.05) is 6.07 Å². The molecule has 1 aromatic rings. The molecule has 138 valence electrons. The molecule has 0 radical (unpaired) electrons. The fraction of sp³-hybridized carbons (Fsp3) is 0.684. The van der Waals surface area contributed by atoms with Crippen LogP contribution in [-0.4, -0.2) is 66.2 Å². The number of carbonyl (C=O) groups excluding carboxylic acids is 1. The Bertz CT molecular complexity index is 566. The zero-order chi connectivity index (χ0) is 17.8. The summed E-state index contributed by atoms with van der Waals surface area (Å²) in [6.45, 7) is 8.30. The Morgan fingerprint density at radius 3 is 3.08 bits per heavy atom. The summed E-state index contributed by atoms with van der Waals surface area (Å²) in [6.07, 6.45) is 4.86. The average molecular weight is 346 g/mol. The van der Waals surface area contributed by atoms with E-state index in [0.717, 1.165) is 38.2 Å². The second kappa shape index (κ2) is 8.15. The number of piperidine rings is 1. The monoisotopic (exact) mass is 346 g/mol. The lowest BCUT2D eigenvalue weighted by Crippen LogP contribution is -2.49. The maximum atomic E-state index is 12.5. The third-order valence-electron chi connectivity index (χ3n) is 5.60. The van der Waals surface area contributed by atoms with Crippen molar-refractivity contribution in [2.75, 3.05) is 33.3 Å². The minimum atomic E-state index is 0.0186. The first-order valence-corrected chi connectivity index (χ1v) is 9.28. The summed E-state index contributed by atoms with van der Waals surface area (Å²) < 4.78 is 6.07. The largest absolute Gasteiger partial charge is 0.376 e. The number of amides is 2. The molecule has 2 aliphatic rings. The summed E-state index contributed by atoms with van der Waals surface area (Å²) >= 11 is 0. The predicted octanol–water partition coefficient (Wildman–Crippen LogP) is 1.97. The molecule has 2 amide bonds. The molecule has 0 bridgehead atoms. The number of carbonyl (C=O) groups is 1. The minimum absolute atomic E-state index is 0.0186. The summed E-state index contributed by atoms with van der Waals surface area (Å²) in [6, 6.07) is 4.41.